The Morgan fingerprint density at radius 1 is 1.12 bits per heavy atom. The van der Waals surface area contributed by atoms with E-state index in [-0.39, 0.29) is 63.4 Å². The van der Waals surface area contributed by atoms with Crippen molar-refractivity contribution in [2.45, 2.75) is 13.0 Å². The molecule has 0 spiro atoms. The quantitative estimate of drug-likeness (QED) is 0.188. The van der Waals surface area contributed by atoms with Crippen LogP contribution in [0.2, 0.25) is 0 Å². The van der Waals surface area contributed by atoms with E-state index in [4.69, 9.17) is 16.2 Å². The molecule has 214 valence electrons. The van der Waals surface area contributed by atoms with E-state index >= 15 is 0 Å². The van der Waals surface area contributed by atoms with Crippen molar-refractivity contribution in [2.75, 3.05) is 23.5 Å². The molecule has 5 rings (SSSR count). The van der Waals surface area contributed by atoms with Crippen molar-refractivity contribution in [3.05, 3.63) is 93.3 Å². The SMILES string of the molecule is COC(=O)N(Cc1cc([N+](=O)[O-])ccc1O)c1c(N)nc(-n2nc(Cc3ccccc3F)c3ncc(F)cc32)nc1N. The number of carbonyl (C=O) groups excluding carboxylic acids is 1. The number of phenols is 1. The number of amides is 1. The summed E-state index contributed by atoms with van der Waals surface area (Å²) in [6.45, 7) is -0.454. The predicted molar refractivity (Wildman–Crippen MR) is 146 cm³/mol. The molecule has 5 N–H and O–H groups in total. The monoisotopic (exact) mass is 577 g/mol. The number of benzene rings is 2. The third kappa shape index (κ3) is 5.15. The number of nitrogens with two attached hydrogens (primary N) is 2. The van der Waals surface area contributed by atoms with Crippen LogP contribution in [-0.2, 0) is 17.7 Å². The Bertz CT molecular complexity index is 1840. The fraction of sp³-hybridized carbons (Fsp3) is 0.115. The van der Waals surface area contributed by atoms with Crippen LogP contribution in [-0.4, -0.2) is 48.0 Å². The number of aromatic hydroxyl groups is 1. The number of hydrogen-bond acceptors (Lipinski definition) is 11. The average Bonchev–Trinajstić information content (AvgIpc) is 3.30. The number of aromatic nitrogens is 5. The first-order valence-corrected chi connectivity index (χ1v) is 12.1. The number of carbonyl (C=O) groups is 1. The van der Waals surface area contributed by atoms with Gasteiger partial charge in [0.15, 0.2) is 11.6 Å². The number of nitro benzene ring substituents is 1. The molecule has 0 fully saturated rings. The molecular weight excluding hydrogens is 556 g/mol. The summed E-state index contributed by atoms with van der Waals surface area (Å²) in [5, 5.41) is 25.9. The molecule has 2 aromatic carbocycles. The van der Waals surface area contributed by atoms with Crippen LogP contribution in [0.25, 0.3) is 17.0 Å². The van der Waals surface area contributed by atoms with Crippen LogP contribution < -0.4 is 16.4 Å². The van der Waals surface area contributed by atoms with Gasteiger partial charge in [-0.25, -0.2) is 18.6 Å². The lowest BCUT2D eigenvalue weighted by Gasteiger charge is -2.24. The maximum absolute atomic E-state index is 14.4. The van der Waals surface area contributed by atoms with Crippen LogP contribution in [0.1, 0.15) is 16.8 Å². The summed E-state index contributed by atoms with van der Waals surface area (Å²) in [5.41, 5.74) is 12.9. The van der Waals surface area contributed by atoms with Crippen molar-refractivity contribution in [1.29, 1.82) is 0 Å². The molecule has 16 heteroatoms. The Balaban J connectivity index is 1.59. The summed E-state index contributed by atoms with van der Waals surface area (Å²) in [7, 11) is 1.08. The Labute approximate surface area is 235 Å². The van der Waals surface area contributed by atoms with Gasteiger partial charge in [0.25, 0.3) is 11.6 Å². The first-order chi connectivity index (χ1) is 20.1. The molecule has 0 bridgehead atoms. The van der Waals surface area contributed by atoms with Crippen LogP contribution in [0.4, 0.5) is 36.6 Å². The lowest BCUT2D eigenvalue weighted by Crippen LogP contribution is -2.32. The molecule has 14 nitrogen and oxygen atoms in total. The summed E-state index contributed by atoms with van der Waals surface area (Å²) in [6.07, 6.45) is 0.0167. The maximum Gasteiger partial charge on any atom is 0.414 e. The number of phenolic OH excluding ortho intramolecular Hbond substituents is 1. The number of nitrogens with zero attached hydrogens (tertiary/aromatic N) is 7. The largest absolute Gasteiger partial charge is 0.508 e. The number of halogens is 2. The van der Waals surface area contributed by atoms with Gasteiger partial charge in [-0.15, -0.1) is 0 Å². The molecule has 3 aromatic heterocycles. The van der Waals surface area contributed by atoms with Gasteiger partial charge < -0.3 is 21.3 Å². The van der Waals surface area contributed by atoms with Gasteiger partial charge in [-0.1, -0.05) is 18.2 Å². The second kappa shape index (κ2) is 10.9. The lowest BCUT2D eigenvalue weighted by molar-refractivity contribution is -0.384. The third-order valence-corrected chi connectivity index (χ3v) is 6.26. The average molecular weight is 578 g/mol. The highest BCUT2D eigenvalue weighted by atomic mass is 19.1. The van der Waals surface area contributed by atoms with E-state index < -0.39 is 29.2 Å². The number of fused-ring (bicyclic) bond motifs is 1. The second-order valence-corrected chi connectivity index (χ2v) is 8.92. The van der Waals surface area contributed by atoms with Crippen molar-refractivity contribution in [1.82, 2.24) is 24.7 Å². The highest BCUT2D eigenvalue weighted by molar-refractivity contribution is 5.95. The summed E-state index contributed by atoms with van der Waals surface area (Å²) < 4.78 is 34.6. The minimum absolute atomic E-state index is 0.0146. The van der Waals surface area contributed by atoms with Crippen LogP contribution >= 0.6 is 0 Å². The van der Waals surface area contributed by atoms with E-state index in [0.29, 0.717) is 5.56 Å². The molecule has 0 aliphatic carbocycles. The van der Waals surface area contributed by atoms with E-state index in [0.717, 1.165) is 47.2 Å². The smallest absolute Gasteiger partial charge is 0.414 e. The molecule has 1 amide bonds. The Morgan fingerprint density at radius 2 is 1.83 bits per heavy atom. The van der Waals surface area contributed by atoms with Gasteiger partial charge in [0.05, 0.1) is 36.0 Å². The van der Waals surface area contributed by atoms with Crippen molar-refractivity contribution < 1.29 is 28.3 Å². The molecule has 0 aliphatic rings. The van der Waals surface area contributed by atoms with Crippen LogP contribution in [0.3, 0.4) is 0 Å². The first kappa shape index (κ1) is 27.6. The van der Waals surface area contributed by atoms with Gasteiger partial charge in [0.2, 0.25) is 0 Å². The normalized spacial score (nSPS) is 11.0. The molecule has 0 radical (unpaired) electrons. The number of ether oxygens (including phenoxy) is 1. The molecule has 0 unspecified atom stereocenters. The fourth-order valence-electron chi connectivity index (χ4n) is 4.30. The van der Waals surface area contributed by atoms with E-state index in [9.17, 15) is 28.8 Å². The van der Waals surface area contributed by atoms with Crippen LogP contribution in [0.15, 0.2) is 54.7 Å². The Hall–Kier alpha value is -5.93. The molecule has 42 heavy (non-hydrogen) atoms. The maximum atomic E-state index is 14.4. The van der Waals surface area contributed by atoms with E-state index in [1.165, 1.54) is 6.07 Å². The predicted octanol–water partition coefficient (Wildman–Crippen LogP) is 3.63. The van der Waals surface area contributed by atoms with Gasteiger partial charge >= 0.3 is 6.09 Å². The number of non-ortho nitro benzene ring substituents is 1. The number of anilines is 3. The Kier molecular flexibility index (Phi) is 7.18. The number of rotatable bonds is 7. The summed E-state index contributed by atoms with van der Waals surface area (Å²) in [5.74, 6) is -2.38. The minimum Gasteiger partial charge on any atom is -0.508 e. The number of hydrogen-bond donors (Lipinski definition) is 3. The van der Waals surface area contributed by atoms with Gasteiger partial charge in [-0.05, 0) is 17.7 Å². The molecule has 0 saturated carbocycles. The summed E-state index contributed by atoms with van der Waals surface area (Å²) >= 11 is 0. The van der Waals surface area contributed by atoms with Crippen molar-refractivity contribution in [2.24, 2.45) is 0 Å². The number of pyridine rings is 1. The van der Waals surface area contributed by atoms with E-state index in [2.05, 4.69) is 20.1 Å². The first-order valence-electron chi connectivity index (χ1n) is 12.1. The van der Waals surface area contributed by atoms with Crippen LogP contribution in [0.5, 0.6) is 5.75 Å². The van der Waals surface area contributed by atoms with Crippen LogP contribution in [0, 0.1) is 21.7 Å². The number of methoxy groups -OCH3 is 1. The second-order valence-electron chi connectivity index (χ2n) is 8.92. The molecule has 3 heterocycles. The third-order valence-electron chi connectivity index (χ3n) is 6.26. The standard InChI is InChI=1S/C26H21F2N9O5/c1-42-26(39)35(12-14-8-16(37(40)41)6-7-20(14)38)22-23(29)32-25(33-24(22)30)36-19-10-15(27)11-31-21(19)18(34-36)9-13-4-2-3-5-17(13)28/h2-8,10-11,38H,9,12H2,1H3,(H4,29,30,32,33). The molecule has 0 aliphatic heterocycles. The zero-order chi connectivity index (χ0) is 30.1. The van der Waals surface area contributed by atoms with E-state index in [1.54, 1.807) is 18.2 Å². The van der Waals surface area contributed by atoms with Gasteiger partial charge in [-0.3, -0.25) is 15.0 Å². The number of nitro groups is 1. The summed E-state index contributed by atoms with van der Waals surface area (Å²) in [4.78, 5) is 36.7. The van der Waals surface area contributed by atoms with Crippen molar-refractivity contribution in [3.63, 3.8) is 0 Å². The highest BCUT2D eigenvalue weighted by Crippen LogP contribution is 2.33. The summed E-state index contributed by atoms with van der Waals surface area (Å²) in [6, 6.07) is 10.5. The molecular formula is C26H21F2N9O5. The lowest BCUT2D eigenvalue weighted by atomic mass is 10.1. The minimum atomic E-state index is -0.987. The zero-order valence-electron chi connectivity index (χ0n) is 21.7. The molecule has 0 saturated heterocycles. The zero-order valence-corrected chi connectivity index (χ0v) is 21.7. The molecule has 5 aromatic rings. The Morgan fingerprint density at radius 3 is 2.50 bits per heavy atom. The van der Waals surface area contributed by atoms with Crippen molar-refractivity contribution in [3.8, 4) is 11.7 Å². The van der Waals surface area contributed by atoms with Gasteiger partial charge in [-0.2, -0.15) is 19.7 Å². The highest BCUT2D eigenvalue weighted by Gasteiger charge is 2.27. The van der Waals surface area contributed by atoms with Gasteiger partial charge in [0, 0.05) is 30.2 Å². The molecule has 0 atom stereocenters. The topological polar surface area (TPSA) is 201 Å². The van der Waals surface area contributed by atoms with E-state index in [1.807, 2.05) is 0 Å². The van der Waals surface area contributed by atoms with Gasteiger partial charge in [0.1, 0.15) is 28.6 Å². The fourth-order valence-corrected chi connectivity index (χ4v) is 4.30. The van der Waals surface area contributed by atoms with Crippen molar-refractivity contribution >= 4 is 40.1 Å². The number of nitrogen functional groups attached to an aromatic ring is 2.